The zero-order valence-electron chi connectivity index (χ0n) is 24.1. The number of aryl methyl sites for hydroxylation is 3. The Hall–Kier alpha value is -3.36. The maximum absolute atomic E-state index is 14.1. The molecule has 1 aliphatic rings. The van der Waals surface area contributed by atoms with Crippen LogP contribution in [0, 0.1) is 20.8 Å². The van der Waals surface area contributed by atoms with Crippen molar-refractivity contribution in [2.75, 3.05) is 10.8 Å². The van der Waals surface area contributed by atoms with E-state index in [1.807, 2.05) is 39.0 Å². The Morgan fingerprint density at radius 2 is 1.61 bits per heavy atom. The highest BCUT2D eigenvalue weighted by Gasteiger charge is 2.34. The molecule has 0 radical (unpaired) electrons. The predicted octanol–water partition coefficient (Wildman–Crippen LogP) is 5.94. The maximum atomic E-state index is 14.1. The van der Waals surface area contributed by atoms with Crippen molar-refractivity contribution >= 4 is 39.1 Å². The molecule has 1 N–H and O–H groups in total. The van der Waals surface area contributed by atoms with Crippen molar-refractivity contribution in [1.29, 1.82) is 0 Å². The van der Waals surface area contributed by atoms with Crippen LogP contribution in [0.2, 0.25) is 5.02 Å². The lowest BCUT2D eigenvalue weighted by Crippen LogP contribution is -2.52. The Morgan fingerprint density at radius 1 is 0.951 bits per heavy atom. The second kappa shape index (κ2) is 13.1. The second-order valence-electron chi connectivity index (χ2n) is 10.9. The van der Waals surface area contributed by atoms with Gasteiger partial charge in [0.25, 0.3) is 10.0 Å². The average molecular weight is 596 g/mol. The summed E-state index contributed by atoms with van der Waals surface area (Å²) < 4.78 is 29.3. The van der Waals surface area contributed by atoms with Gasteiger partial charge in [0, 0.05) is 17.6 Å². The molecule has 0 unspecified atom stereocenters. The highest BCUT2D eigenvalue weighted by molar-refractivity contribution is 7.92. The van der Waals surface area contributed by atoms with Crippen LogP contribution in [-0.2, 0) is 26.2 Å². The van der Waals surface area contributed by atoms with Gasteiger partial charge in [-0.25, -0.2) is 8.42 Å². The fourth-order valence-electron chi connectivity index (χ4n) is 5.15. The molecule has 3 aromatic carbocycles. The molecule has 1 atom stereocenters. The van der Waals surface area contributed by atoms with Gasteiger partial charge in [-0.15, -0.1) is 0 Å². The minimum Gasteiger partial charge on any atom is -0.352 e. The fourth-order valence-corrected chi connectivity index (χ4v) is 6.83. The molecule has 1 aliphatic carbocycles. The van der Waals surface area contributed by atoms with Gasteiger partial charge < -0.3 is 10.2 Å². The van der Waals surface area contributed by atoms with Crippen molar-refractivity contribution in [3.8, 4) is 0 Å². The lowest BCUT2D eigenvalue weighted by atomic mass is 10.1. The van der Waals surface area contributed by atoms with E-state index >= 15 is 0 Å². The highest BCUT2D eigenvalue weighted by Crippen LogP contribution is 2.29. The topological polar surface area (TPSA) is 86.8 Å². The standard InChI is InChI=1S/C32H38ClN3O4S/c1-22-13-16-29(17-14-22)41(39,40)36(30-18-23(2)12-15-24(30)3)21-31(37)35(20-26-8-7-9-27(33)19-26)25(4)32(38)34-28-10-5-6-11-28/h7-9,12-19,25,28H,5-6,10-11,20-21H2,1-4H3,(H,34,38)/t25-/m0/s1. The largest absolute Gasteiger partial charge is 0.352 e. The third kappa shape index (κ3) is 7.49. The molecule has 0 heterocycles. The van der Waals surface area contributed by atoms with Gasteiger partial charge in [0.15, 0.2) is 0 Å². The molecule has 0 bridgehead atoms. The molecule has 3 aromatic rings. The summed E-state index contributed by atoms with van der Waals surface area (Å²) in [7, 11) is -4.12. The van der Waals surface area contributed by atoms with E-state index in [2.05, 4.69) is 5.32 Å². The SMILES string of the molecule is Cc1ccc(S(=O)(=O)N(CC(=O)N(Cc2cccc(Cl)c2)[C@@H](C)C(=O)NC2CCCC2)c2cc(C)ccc2C)cc1. The number of nitrogens with one attached hydrogen (secondary N) is 1. The van der Waals surface area contributed by atoms with Crippen LogP contribution in [0.3, 0.4) is 0 Å². The Kier molecular flexibility index (Phi) is 9.76. The molecule has 41 heavy (non-hydrogen) atoms. The molecule has 0 spiro atoms. The number of hydrogen-bond donors (Lipinski definition) is 1. The van der Waals surface area contributed by atoms with Gasteiger partial charge in [0.1, 0.15) is 12.6 Å². The molecule has 2 amide bonds. The minimum atomic E-state index is -4.12. The van der Waals surface area contributed by atoms with Crippen LogP contribution in [0.1, 0.15) is 54.9 Å². The summed E-state index contributed by atoms with van der Waals surface area (Å²) >= 11 is 6.23. The van der Waals surface area contributed by atoms with Gasteiger partial charge in [-0.3, -0.25) is 13.9 Å². The number of benzene rings is 3. The number of carbonyl (C=O) groups excluding carboxylic acids is 2. The van der Waals surface area contributed by atoms with Gasteiger partial charge in [0.2, 0.25) is 11.8 Å². The van der Waals surface area contributed by atoms with E-state index in [1.54, 1.807) is 55.5 Å². The van der Waals surface area contributed by atoms with Crippen molar-refractivity contribution in [2.45, 2.75) is 76.9 Å². The van der Waals surface area contributed by atoms with Crippen LogP contribution in [-0.4, -0.2) is 43.8 Å². The van der Waals surface area contributed by atoms with E-state index in [9.17, 15) is 18.0 Å². The van der Waals surface area contributed by atoms with Crippen LogP contribution >= 0.6 is 11.6 Å². The van der Waals surface area contributed by atoms with E-state index in [1.165, 1.54) is 4.90 Å². The fraction of sp³-hybridized carbons (Fsp3) is 0.375. The van der Waals surface area contributed by atoms with Gasteiger partial charge in [0.05, 0.1) is 10.6 Å². The normalized spacial score (nSPS) is 14.5. The highest BCUT2D eigenvalue weighted by atomic mass is 35.5. The first-order valence-corrected chi connectivity index (χ1v) is 15.8. The summed E-state index contributed by atoms with van der Waals surface area (Å²) in [5.41, 5.74) is 3.67. The first kappa shape index (κ1) is 30.6. The van der Waals surface area contributed by atoms with Crippen LogP contribution in [0.25, 0.3) is 0 Å². The first-order valence-electron chi connectivity index (χ1n) is 14.0. The lowest BCUT2D eigenvalue weighted by Gasteiger charge is -2.33. The third-order valence-corrected chi connectivity index (χ3v) is 9.64. The Morgan fingerprint density at radius 3 is 2.27 bits per heavy atom. The average Bonchev–Trinajstić information content (AvgIpc) is 3.44. The van der Waals surface area contributed by atoms with Crippen molar-refractivity contribution in [2.24, 2.45) is 0 Å². The number of nitrogens with zero attached hydrogens (tertiary/aromatic N) is 2. The Labute approximate surface area is 248 Å². The first-order chi connectivity index (χ1) is 19.5. The van der Waals surface area contributed by atoms with E-state index in [0.29, 0.717) is 16.3 Å². The van der Waals surface area contributed by atoms with E-state index in [-0.39, 0.29) is 23.4 Å². The predicted molar refractivity (Wildman–Crippen MR) is 163 cm³/mol. The monoisotopic (exact) mass is 595 g/mol. The molecule has 7 nitrogen and oxygen atoms in total. The van der Waals surface area contributed by atoms with Gasteiger partial charge in [-0.1, -0.05) is 66.4 Å². The van der Waals surface area contributed by atoms with Gasteiger partial charge >= 0.3 is 0 Å². The van der Waals surface area contributed by atoms with Gasteiger partial charge in [-0.05, 0) is 87.6 Å². The van der Waals surface area contributed by atoms with Crippen LogP contribution in [0.15, 0.2) is 71.6 Å². The lowest BCUT2D eigenvalue weighted by molar-refractivity contribution is -0.139. The molecule has 0 aliphatic heterocycles. The van der Waals surface area contributed by atoms with Crippen molar-refractivity contribution in [3.05, 3.63) is 94.0 Å². The Bertz CT molecular complexity index is 1500. The molecule has 0 saturated heterocycles. The number of sulfonamides is 1. The van der Waals surface area contributed by atoms with Gasteiger partial charge in [-0.2, -0.15) is 0 Å². The zero-order valence-corrected chi connectivity index (χ0v) is 25.6. The number of hydrogen-bond acceptors (Lipinski definition) is 4. The Balaban J connectivity index is 1.72. The number of halogens is 1. The summed E-state index contributed by atoms with van der Waals surface area (Å²) in [5.74, 6) is -0.748. The summed E-state index contributed by atoms with van der Waals surface area (Å²) in [4.78, 5) is 29.0. The summed E-state index contributed by atoms with van der Waals surface area (Å²) in [6.45, 7) is 6.89. The molecule has 1 saturated carbocycles. The third-order valence-electron chi connectivity index (χ3n) is 7.63. The molecule has 9 heteroatoms. The minimum absolute atomic E-state index is 0.0847. The molecule has 4 rings (SSSR count). The molecule has 0 aromatic heterocycles. The molecular formula is C32H38ClN3O4S. The number of anilines is 1. The molecular weight excluding hydrogens is 558 g/mol. The van der Waals surface area contributed by atoms with E-state index < -0.39 is 28.5 Å². The quantitative estimate of drug-likeness (QED) is 0.314. The van der Waals surface area contributed by atoms with Crippen molar-refractivity contribution < 1.29 is 18.0 Å². The van der Waals surface area contributed by atoms with Crippen molar-refractivity contribution in [3.63, 3.8) is 0 Å². The smallest absolute Gasteiger partial charge is 0.264 e. The summed E-state index contributed by atoms with van der Waals surface area (Å²) in [5, 5.41) is 3.59. The number of rotatable bonds is 10. The summed E-state index contributed by atoms with van der Waals surface area (Å²) in [6, 6.07) is 18.4. The van der Waals surface area contributed by atoms with Crippen LogP contribution < -0.4 is 9.62 Å². The second-order valence-corrected chi connectivity index (χ2v) is 13.2. The number of carbonyl (C=O) groups is 2. The zero-order chi connectivity index (χ0) is 29.7. The maximum Gasteiger partial charge on any atom is 0.264 e. The van der Waals surface area contributed by atoms with Crippen LogP contribution in [0.4, 0.5) is 5.69 Å². The van der Waals surface area contributed by atoms with E-state index in [4.69, 9.17) is 11.6 Å². The van der Waals surface area contributed by atoms with Crippen LogP contribution in [0.5, 0.6) is 0 Å². The summed E-state index contributed by atoms with van der Waals surface area (Å²) in [6.07, 6.45) is 3.95. The molecule has 1 fully saturated rings. The van der Waals surface area contributed by atoms with E-state index in [0.717, 1.165) is 46.7 Å². The number of amides is 2. The van der Waals surface area contributed by atoms with Crippen molar-refractivity contribution in [1.82, 2.24) is 10.2 Å². The molecule has 218 valence electrons.